The Balaban J connectivity index is 1.92. The molecule has 0 aliphatic carbocycles. The second-order valence-electron chi connectivity index (χ2n) is 5.90. The summed E-state index contributed by atoms with van der Waals surface area (Å²) in [4.78, 5) is 28.1. The lowest BCUT2D eigenvalue weighted by atomic mass is 10.0. The Morgan fingerprint density at radius 1 is 1.04 bits per heavy atom. The van der Waals surface area contributed by atoms with Gasteiger partial charge in [0, 0.05) is 32.1 Å². The second kappa shape index (κ2) is 6.83. The Bertz CT molecular complexity index is 748. The number of hydrogen-bond donors (Lipinski definition) is 0. The molecule has 2 amide bonds. The number of rotatable bonds is 2. The third kappa shape index (κ3) is 3.30. The maximum Gasteiger partial charge on any atom is 0.254 e. The van der Waals surface area contributed by atoms with Crippen molar-refractivity contribution in [2.45, 2.75) is 13.0 Å². The Kier molecular flexibility index (Phi) is 4.60. The Hall–Kier alpha value is -2.69. The molecule has 0 saturated carbocycles. The zero-order valence-electron chi connectivity index (χ0n) is 13.5. The fraction of sp³-hybridized carbons (Fsp3) is 0.263. The molecule has 124 valence electrons. The van der Waals surface area contributed by atoms with Gasteiger partial charge in [-0.1, -0.05) is 36.4 Å². The highest BCUT2D eigenvalue weighted by Gasteiger charge is 2.33. The van der Waals surface area contributed by atoms with Crippen LogP contribution in [-0.2, 0) is 4.79 Å². The maximum atomic E-state index is 13.5. The van der Waals surface area contributed by atoms with Crippen LogP contribution >= 0.6 is 0 Å². The van der Waals surface area contributed by atoms with E-state index in [1.807, 2.05) is 30.3 Å². The van der Waals surface area contributed by atoms with Crippen LogP contribution in [0, 0.1) is 5.82 Å². The lowest BCUT2D eigenvalue weighted by Gasteiger charge is -2.41. The highest BCUT2D eigenvalue weighted by molar-refractivity contribution is 5.94. The van der Waals surface area contributed by atoms with E-state index in [1.54, 1.807) is 15.9 Å². The molecule has 1 aliphatic heterocycles. The van der Waals surface area contributed by atoms with Crippen molar-refractivity contribution in [2.24, 2.45) is 0 Å². The third-order valence-corrected chi connectivity index (χ3v) is 4.34. The van der Waals surface area contributed by atoms with Crippen LogP contribution in [0.15, 0.2) is 54.6 Å². The maximum absolute atomic E-state index is 13.5. The number of halogens is 1. The summed E-state index contributed by atoms with van der Waals surface area (Å²) in [7, 11) is 0. The minimum atomic E-state index is -0.431. The van der Waals surface area contributed by atoms with E-state index in [9.17, 15) is 14.0 Å². The van der Waals surface area contributed by atoms with E-state index < -0.39 is 5.82 Å². The first-order chi connectivity index (χ1) is 11.6. The molecule has 24 heavy (non-hydrogen) atoms. The molecular formula is C19H19FN2O2. The first kappa shape index (κ1) is 16.2. The van der Waals surface area contributed by atoms with Gasteiger partial charge in [-0.05, 0) is 23.8 Å². The fourth-order valence-electron chi connectivity index (χ4n) is 3.06. The summed E-state index contributed by atoms with van der Waals surface area (Å²) in [5, 5.41) is 0. The number of carbonyl (C=O) groups is 2. The molecule has 1 heterocycles. The molecule has 0 unspecified atom stereocenters. The minimum Gasteiger partial charge on any atom is -0.339 e. The highest BCUT2D eigenvalue weighted by Crippen LogP contribution is 2.27. The van der Waals surface area contributed by atoms with E-state index in [0.717, 1.165) is 5.56 Å². The number of amides is 2. The van der Waals surface area contributed by atoms with Gasteiger partial charge in [-0.2, -0.15) is 0 Å². The average molecular weight is 326 g/mol. The van der Waals surface area contributed by atoms with Crippen LogP contribution in [0.5, 0.6) is 0 Å². The predicted octanol–water partition coefficient (Wildman–Crippen LogP) is 2.87. The van der Waals surface area contributed by atoms with Gasteiger partial charge in [0.2, 0.25) is 5.91 Å². The topological polar surface area (TPSA) is 40.6 Å². The Morgan fingerprint density at radius 3 is 2.46 bits per heavy atom. The van der Waals surface area contributed by atoms with Crippen molar-refractivity contribution in [3.8, 4) is 0 Å². The van der Waals surface area contributed by atoms with Crippen LogP contribution in [0.3, 0.4) is 0 Å². The van der Waals surface area contributed by atoms with Gasteiger partial charge in [0.15, 0.2) is 0 Å². The van der Waals surface area contributed by atoms with E-state index in [2.05, 4.69) is 0 Å². The molecule has 4 nitrogen and oxygen atoms in total. The second-order valence-corrected chi connectivity index (χ2v) is 5.90. The van der Waals surface area contributed by atoms with Crippen LogP contribution in [-0.4, -0.2) is 41.2 Å². The van der Waals surface area contributed by atoms with Crippen LogP contribution in [0.4, 0.5) is 4.39 Å². The SMILES string of the molecule is CC(=O)N1CCN(C(=O)c2cccc(F)c2)[C@H](c2ccccc2)C1. The standard InChI is InChI=1S/C19H19FN2O2/c1-14(23)21-10-11-22(18(13-21)15-6-3-2-4-7-15)19(24)16-8-5-9-17(20)12-16/h2-9,12,18H,10-11,13H2,1H3/t18-/m0/s1. The molecule has 2 aromatic rings. The summed E-state index contributed by atoms with van der Waals surface area (Å²) >= 11 is 0. The molecular weight excluding hydrogens is 307 g/mol. The summed E-state index contributed by atoms with van der Waals surface area (Å²) in [5.74, 6) is -0.653. The summed E-state index contributed by atoms with van der Waals surface area (Å²) in [5.41, 5.74) is 1.29. The quantitative estimate of drug-likeness (QED) is 0.851. The predicted molar refractivity (Wildman–Crippen MR) is 88.9 cm³/mol. The van der Waals surface area contributed by atoms with Crippen molar-refractivity contribution >= 4 is 11.8 Å². The highest BCUT2D eigenvalue weighted by atomic mass is 19.1. The van der Waals surface area contributed by atoms with Crippen molar-refractivity contribution < 1.29 is 14.0 Å². The largest absolute Gasteiger partial charge is 0.339 e. The monoisotopic (exact) mass is 326 g/mol. The number of carbonyl (C=O) groups excluding carboxylic acids is 2. The summed E-state index contributed by atoms with van der Waals surface area (Å²) in [6, 6.07) is 15.1. The van der Waals surface area contributed by atoms with Gasteiger partial charge in [-0.15, -0.1) is 0 Å². The van der Waals surface area contributed by atoms with Crippen LogP contribution in [0.2, 0.25) is 0 Å². The van der Waals surface area contributed by atoms with Gasteiger partial charge in [0.05, 0.1) is 6.04 Å². The summed E-state index contributed by atoms with van der Waals surface area (Å²) < 4.78 is 13.5. The first-order valence-electron chi connectivity index (χ1n) is 7.93. The van der Waals surface area contributed by atoms with Gasteiger partial charge in [0.1, 0.15) is 5.82 Å². The van der Waals surface area contributed by atoms with Crippen LogP contribution < -0.4 is 0 Å². The van der Waals surface area contributed by atoms with E-state index in [4.69, 9.17) is 0 Å². The van der Waals surface area contributed by atoms with Gasteiger partial charge in [0.25, 0.3) is 5.91 Å². The van der Waals surface area contributed by atoms with Gasteiger partial charge in [-0.3, -0.25) is 9.59 Å². The van der Waals surface area contributed by atoms with Crippen molar-refractivity contribution in [1.29, 1.82) is 0 Å². The smallest absolute Gasteiger partial charge is 0.254 e. The molecule has 0 bridgehead atoms. The molecule has 2 aromatic carbocycles. The zero-order valence-corrected chi connectivity index (χ0v) is 13.5. The molecule has 1 saturated heterocycles. The van der Waals surface area contributed by atoms with Crippen LogP contribution in [0.25, 0.3) is 0 Å². The summed E-state index contributed by atoms with van der Waals surface area (Å²) in [6.45, 7) is 2.89. The van der Waals surface area contributed by atoms with Gasteiger partial charge < -0.3 is 9.80 Å². The number of nitrogens with zero attached hydrogens (tertiary/aromatic N) is 2. The molecule has 1 fully saturated rings. The van der Waals surface area contributed by atoms with E-state index in [1.165, 1.54) is 25.1 Å². The molecule has 0 N–H and O–H groups in total. The molecule has 3 rings (SSSR count). The number of piperazine rings is 1. The summed E-state index contributed by atoms with van der Waals surface area (Å²) in [6.07, 6.45) is 0. The molecule has 1 atom stereocenters. The molecule has 0 spiro atoms. The van der Waals surface area contributed by atoms with Crippen molar-refractivity contribution in [1.82, 2.24) is 9.80 Å². The van der Waals surface area contributed by atoms with Crippen molar-refractivity contribution in [2.75, 3.05) is 19.6 Å². The molecule has 5 heteroatoms. The average Bonchev–Trinajstić information content (AvgIpc) is 2.61. The molecule has 1 aliphatic rings. The normalized spacial score (nSPS) is 17.7. The van der Waals surface area contributed by atoms with E-state index >= 15 is 0 Å². The third-order valence-electron chi connectivity index (χ3n) is 4.34. The Labute approximate surface area is 140 Å². The molecule has 0 aromatic heterocycles. The lowest BCUT2D eigenvalue weighted by molar-refractivity contribution is -0.131. The number of benzene rings is 2. The van der Waals surface area contributed by atoms with Gasteiger partial charge in [-0.25, -0.2) is 4.39 Å². The lowest BCUT2D eigenvalue weighted by Crippen LogP contribution is -2.51. The van der Waals surface area contributed by atoms with Crippen molar-refractivity contribution in [3.05, 3.63) is 71.5 Å². The van der Waals surface area contributed by atoms with E-state index in [0.29, 0.717) is 25.2 Å². The van der Waals surface area contributed by atoms with Crippen LogP contribution in [0.1, 0.15) is 28.9 Å². The fourth-order valence-corrected chi connectivity index (χ4v) is 3.06. The van der Waals surface area contributed by atoms with E-state index in [-0.39, 0.29) is 17.9 Å². The zero-order chi connectivity index (χ0) is 17.1. The van der Waals surface area contributed by atoms with Gasteiger partial charge >= 0.3 is 0 Å². The Morgan fingerprint density at radius 2 is 1.79 bits per heavy atom. The number of hydrogen-bond acceptors (Lipinski definition) is 2. The van der Waals surface area contributed by atoms with Crippen molar-refractivity contribution in [3.63, 3.8) is 0 Å². The first-order valence-corrected chi connectivity index (χ1v) is 7.93. The minimum absolute atomic E-state index is 0.00575. The molecule has 0 radical (unpaired) electrons.